The molecule has 0 radical (unpaired) electrons. The van der Waals surface area contributed by atoms with Crippen LogP contribution in [0.2, 0.25) is 5.02 Å². The third kappa shape index (κ3) is 3.73. The minimum atomic E-state index is -0.424. The Morgan fingerprint density at radius 2 is 1.90 bits per heavy atom. The first-order valence-corrected chi connectivity index (χ1v) is 7.17. The number of nitro benzene ring substituents is 1. The Kier molecular flexibility index (Phi) is 5.17. The molecule has 0 saturated heterocycles. The highest BCUT2D eigenvalue weighted by Crippen LogP contribution is 2.36. The van der Waals surface area contributed by atoms with E-state index in [-0.39, 0.29) is 5.69 Å². The largest absolute Gasteiger partial charge is 0.494 e. The molecule has 2 aromatic carbocycles. The van der Waals surface area contributed by atoms with E-state index in [4.69, 9.17) is 16.3 Å². The van der Waals surface area contributed by atoms with Gasteiger partial charge in [0.15, 0.2) is 0 Å². The van der Waals surface area contributed by atoms with Crippen molar-refractivity contribution in [1.29, 1.82) is 0 Å². The average molecular weight is 306 g/mol. The van der Waals surface area contributed by atoms with Crippen molar-refractivity contribution in [3.8, 4) is 16.9 Å². The number of hydrogen-bond acceptors (Lipinski definition) is 3. The predicted molar refractivity (Wildman–Crippen MR) is 83.9 cm³/mol. The van der Waals surface area contributed by atoms with E-state index in [2.05, 4.69) is 6.92 Å². The molecule has 2 aromatic rings. The zero-order valence-corrected chi connectivity index (χ0v) is 12.5. The predicted octanol–water partition coefficient (Wildman–Crippen LogP) is 5.09. The number of rotatable bonds is 6. The van der Waals surface area contributed by atoms with E-state index in [1.165, 1.54) is 6.07 Å². The summed E-state index contributed by atoms with van der Waals surface area (Å²) < 4.78 is 5.58. The second-order valence-corrected chi connectivity index (χ2v) is 5.02. The molecule has 0 bridgehead atoms. The van der Waals surface area contributed by atoms with Gasteiger partial charge in [-0.15, -0.1) is 0 Å². The van der Waals surface area contributed by atoms with Crippen molar-refractivity contribution in [3.05, 3.63) is 57.6 Å². The molecule has 0 heterocycles. The lowest BCUT2D eigenvalue weighted by atomic mass is 10.0. The quantitative estimate of drug-likeness (QED) is 0.424. The molecule has 5 heteroatoms. The first-order chi connectivity index (χ1) is 10.1. The summed E-state index contributed by atoms with van der Waals surface area (Å²) in [5.41, 5.74) is 1.14. The summed E-state index contributed by atoms with van der Waals surface area (Å²) in [7, 11) is 0. The Balaban J connectivity index is 2.29. The molecule has 0 saturated carbocycles. The molecule has 0 N–H and O–H groups in total. The van der Waals surface area contributed by atoms with Crippen LogP contribution in [-0.2, 0) is 0 Å². The van der Waals surface area contributed by atoms with Gasteiger partial charge < -0.3 is 4.74 Å². The van der Waals surface area contributed by atoms with Crippen molar-refractivity contribution in [3.63, 3.8) is 0 Å². The summed E-state index contributed by atoms with van der Waals surface area (Å²) in [5, 5.41) is 11.5. The molecule has 0 amide bonds. The molecule has 110 valence electrons. The van der Waals surface area contributed by atoms with Gasteiger partial charge >= 0.3 is 0 Å². The van der Waals surface area contributed by atoms with Crippen LogP contribution in [0.4, 0.5) is 5.69 Å². The zero-order chi connectivity index (χ0) is 15.2. The number of hydrogen-bond donors (Lipinski definition) is 0. The smallest absolute Gasteiger partial charge is 0.278 e. The van der Waals surface area contributed by atoms with Crippen molar-refractivity contribution in [2.45, 2.75) is 19.8 Å². The van der Waals surface area contributed by atoms with Crippen LogP contribution in [0.1, 0.15) is 19.8 Å². The molecule has 0 aliphatic carbocycles. The van der Waals surface area contributed by atoms with Gasteiger partial charge in [0.25, 0.3) is 5.69 Å². The standard InChI is InChI=1S/C16H16ClNO3/c1-2-3-11-21-13-9-7-12(8-10-13)16-14(17)5-4-6-15(16)18(19)20/h4-10H,2-3,11H2,1H3. The number of nitro groups is 1. The summed E-state index contributed by atoms with van der Waals surface area (Å²) in [4.78, 5) is 10.7. The molecule has 21 heavy (non-hydrogen) atoms. The van der Waals surface area contributed by atoms with Gasteiger partial charge in [-0.1, -0.05) is 43.1 Å². The number of unbranched alkanes of at least 4 members (excludes halogenated alkanes) is 1. The molecule has 0 atom stereocenters. The van der Waals surface area contributed by atoms with Gasteiger partial charge in [0.1, 0.15) is 5.75 Å². The van der Waals surface area contributed by atoms with Gasteiger partial charge in [0.2, 0.25) is 0 Å². The number of halogens is 1. The Labute approximate surface area is 128 Å². The van der Waals surface area contributed by atoms with Gasteiger partial charge in [0.05, 0.1) is 22.1 Å². The van der Waals surface area contributed by atoms with Crippen LogP contribution in [-0.4, -0.2) is 11.5 Å². The lowest BCUT2D eigenvalue weighted by molar-refractivity contribution is -0.384. The van der Waals surface area contributed by atoms with Crippen molar-refractivity contribution in [2.75, 3.05) is 6.61 Å². The Hall–Kier alpha value is -2.07. The molecule has 2 rings (SSSR count). The van der Waals surface area contributed by atoms with E-state index >= 15 is 0 Å². The highest BCUT2D eigenvalue weighted by atomic mass is 35.5. The number of nitrogens with zero attached hydrogens (tertiary/aromatic N) is 1. The van der Waals surface area contributed by atoms with Crippen LogP contribution in [0.3, 0.4) is 0 Å². The van der Waals surface area contributed by atoms with Crippen molar-refractivity contribution >= 4 is 17.3 Å². The van der Waals surface area contributed by atoms with E-state index in [1.54, 1.807) is 36.4 Å². The normalized spacial score (nSPS) is 10.4. The van der Waals surface area contributed by atoms with Crippen LogP contribution in [0, 0.1) is 10.1 Å². The number of ether oxygens (including phenoxy) is 1. The summed E-state index contributed by atoms with van der Waals surface area (Å²) in [5.74, 6) is 0.752. The first-order valence-electron chi connectivity index (χ1n) is 6.79. The van der Waals surface area contributed by atoms with Gasteiger partial charge in [-0.25, -0.2) is 0 Å². The summed E-state index contributed by atoms with van der Waals surface area (Å²) in [6.45, 7) is 2.77. The maximum absolute atomic E-state index is 11.1. The van der Waals surface area contributed by atoms with E-state index < -0.39 is 4.92 Å². The third-order valence-electron chi connectivity index (χ3n) is 3.10. The second-order valence-electron chi connectivity index (χ2n) is 4.62. The Bertz CT molecular complexity index is 626. The van der Waals surface area contributed by atoms with Crippen LogP contribution in [0.15, 0.2) is 42.5 Å². The van der Waals surface area contributed by atoms with E-state index in [9.17, 15) is 10.1 Å². The molecule has 0 aliphatic rings. The third-order valence-corrected chi connectivity index (χ3v) is 3.41. The lowest BCUT2D eigenvalue weighted by Crippen LogP contribution is -1.96. The summed E-state index contributed by atoms with van der Waals surface area (Å²) >= 11 is 6.11. The van der Waals surface area contributed by atoms with Gasteiger partial charge in [-0.2, -0.15) is 0 Å². The minimum Gasteiger partial charge on any atom is -0.494 e. The molecular formula is C16H16ClNO3. The minimum absolute atomic E-state index is 0.00199. The van der Waals surface area contributed by atoms with Crippen LogP contribution < -0.4 is 4.74 Å². The van der Waals surface area contributed by atoms with E-state index in [0.717, 1.165) is 18.6 Å². The Morgan fingerprint density at radius 3 is 2.52 bits per heavy atom. The van der Waals surface area contributed by atoms with Gasteiger partial charge in [-0.05, 0) is 30.2 Å². The fourth-order valence-corrected chi connectivity index (χ4v) is 2.28. The molecule has 0 aliphatic heterocycles. The van der Waals surface area contributed by atoms with Crippen LogP contribution >= 0.6 is 11.6 Å². The fourth-order valence-electron chi connectivity index (χ4n) is 2.00. The van der Waals surface area contributed by atoms with Crippen molar-refractivity contribution in [2.24, 2.45) is 0 Å². The van der Waals surface area contributed by atoms with Crippen molar-refractivity contribution in [1.82, 2.24) is 0 Å². The molecule has 0 unspecified atom stereocenters. The first kappa shape index (κ1) is 15.3. The molecule has 0 aromatic heterocycles. The average Bonchev–Trinajstić information content (AvgIpc) is 2.48. The monoisotopic (exact) mass is 305 g/mol. The fraction of sp³-hybridized carbons (Fsp3) is 0.250. The second kappa shape index (κ2) is 7.09. The molecule has 4 nitrogen and oxygen atoms in total. The summed E-state index contributed by atoms with van der Waals surface area (Å²) in [6, 6.07) is 11.9. The van der Waals surface area contributed by atoms with E-state index in [0.29, 0.717) is 22.8 Å². The zero-order valence-electron chi connectivity index (χ0n) is 11.7. The lowest BCUT2D eigenvalue weighted by Gasteiger charge is -2.08. The Morgan fingerprint density at radius 1 is 1.19 bits per heavy atom. The van der Waals surface area contributed by atoms with Crippen LogP contribution in [0.25, 0.3) is 11.1 Å². The maximum Gasteiger partial charge on any atom is 0.278 e. The maximum atomic E-state index is 11.1. The number of benzene rings is 2. The van der Waals surface area contributed by atoms with E-state index in [1.807, 2.05) is 0 Å². The van der Waals surface area contributed by atoms with Gasteiger partial charge in [-0.3, -0.25) is 10.1 Å². The molecule has 0 fully saturated rings. The molecule has 0 spiro atoms. The van der Waals surface area contributed by atoms with Crippen molar-refractivity contribution < 1.29 is 9.66 Å². The topological polar surface area (TPSA) is 52.4 Å². The van der Waals surface area contributed by atoms with Crippen LogP contribution in [0.5, 0.6) is 5.75 Å². The van der Waals surface area contributed by atoms with Gasteiger partial charge in [0, 0.05) is 6.07 Å². The summed E-state index contributed by atoms with van der Waals surface area (Å²) in [6.07, 6.45) is 2.07. The SMILES string of the molecule is CCCCOc1ccc(-c2c(Cl)cccc2[N+](=O)[O-])cc1. The molecular weight excluding hydrogens is 290 g/mol. The highest BCUT2D eigenvalue weighted by molar-refractivity contribution is 6.33. The highest BCUT2D eigenvalue weighted by Gasteiger charge is 2.18.